The molecule has 0 atom stereocenters. The Kier molecular flexibility index (Phi) is 7.28. The van der Waals surface area contributed by atoms with Crippen molar-refractivity contribution in [3.8, 4) is 11.5 Å². The number of nitrogens with zero attached hydrogens (tertiary/aromatic N) is 1. The number of hydrogen-bond donors (Lipinski definition) is 1. The third-order valence-electron chi connectivity index (χ3n) is 4.37. The maximum atomic E-state index is 13.3. The lowest BCUT2D eigenvalue weighted by molar-refractivity contribution is -0.128. The molecule has 2 rings (SSSR count). The van der Waals surface area contributed by atoms with Crippen molar-refractivity contribution in [2.45, 2.75) is 23.6 Å². The first-order chi connectivity index (χ1) is 13.4. The first kappa shape index (κ1) is 21.6. The topological polar surface area (TPSA) is 84.9 Å². The number of hydrogen-bond acceptors (Lipinski definition) is 6. The maximum absolute atomic E-state index is 13.3. The number of methoxy groups -OCH3 is 2. The third kappa shape index (κ3) is 4.39. The van der Waals surface area contributed by atoms with Crippen molar-refractivity contribution in [3.05, 3.63) is 42.5 Å². The number of rotatable bonds is 9. The van der Waals surface area contributed by atoms with Gasteiger partial charge in [-0.2, -0.15) is 0 Å². The predicted octanol–water partition coefficient (Wildman–Crippen LogP) is 2.82. The summed E-state index contributed by atoms with van der Waals surface area (Å²) in [6, 6.07) is 11.2. The van der Waals surface area contributed by atoms with Gasteiger partial charge in [-0.1, -0.05) is 18.2 Å². The molecule has 8 heteroatoms. The zero-order valence-corrected chi connectivity index (χ0v) is 17.4. The number of likely N-dealkylation sites (N-methyl/N-ethyl adjacent to an activating group) is 1. The Morgan fingerprint density at radius 3 is 2.18 bits per heavy atom. The summed E-state index contributed by atoms with van der Waals surface area (Å²) in [6.07, 6.45) is 0. The van der Waals surface area contributed by atoms with Crippen LogP contribution in [0, 0.1) is 0 Å². The van der Waals surface area contributed by atoms with Crippen LogP contribution in [0.5, 0.6) is 11.5 Å². The van der Waals surface area contributed by atoms with Gasteiger partial charge < -0.3 is 19.7 Å². The Labute approximate surface area is 166 Å². The summed E-state index contributed by atoms with van der Waals surface area (Å²) in [4.78, 5) is 14.1. The van der Waals surface area contributed by atoms with Crippen LogP contribution in [0.15, 0.2) is 52.3 Å². The largest absolute Gasteiger partial charge is 0.493 e. The zero-order valence-electron chi connectivity index (χ0n) is 16.6. The molecule has 0 fully saturated rings. The molecule has 0 saturated carbocycles. The molecule has 0 spiro atoms. The average Bonchev–Trinajstić information content (AvgIpc) is 2.72. The minimum atomic E-state index is -3.92. The van der Waals surface area contributed by atoms with Crippen molar-refractivity contribution in [2.24, 2.45) is 0 Å². The molecule has 0 aliphatic heterocycles. The molecular formula is C20H26N2O5S. The van der Waals surface area contributed by atoms with Crippen molar-refractivity contribution in [1.82, 2.24) is 4.90 Å². The van der Waals surface area contributed by atoms with Gasteiger partial charge in [0, 0.05) is 13.1 Å². The summed E-state index contributed by atoms with van der Waals surface area (Å²) in [5.41, 5.74) is 0.280. The van der Waals surface area contributed by atoms with Gasteiger partial charge in [-0.3, -0.25) is 4.79 Å². The van der Waals surface area contributed by atoms with E-state index in [2.05, 4.69) is 5.32 Å². The molecule has 0 heterocycles. The van der Waals surface area contributed by atoms with E-state index in [0.717, 1.165) is 0 Å². The Balaban J connectivity index is 2.54. The van der Waals surface area contributed by atoms with Gasteiger partial charge in [0.2, 0.25) is 15.7 Å². The minimum Gasteiger partial charge on any atom is -0.493 e. The molecule has 0 aromatic heterocycles. The van der Waals surface area contributed by atoms with Gasteiger partial charge in [0.1, 0.15) is 4.90 Å². The van der Waals surface area contributed by atoms with Crippen LogP contribution in [0.2, 0.25) is 0 Å². The summed E-state index contributed by atoms with van der Waals surface area (Å²) in [5, 5.41) is 2.96. The average molecular weight is 407 g/mol. The molecule has 0 saturated heterocycles. The summed E-state index contributed by atoms with van der Waals surface area (Å²) >= 11 is 0. The van der Waals surface area contributed by atoms with Crippen LogP contribution < -0.4 is 14.8 Å². The Bertz CT molecular complexity index is 910. The van der Waals surface area contributed by atoms with E-state index in [1.54, 1.807) is 35.2 Å². The zero-order chi connectivity index (χ0) is 20.7. The number of benzene rings is 2. The Hall–Kier alpha value is -2.74. The molecular weight excluding hydrogens is 380 g/mol. The molecule has 28 heavy (non-hydrogen) atoms. The number of anilines is 1. The molecule has 0 bridgehead atoms. The van der Waals surface area contributed by atoms with Gasteiger partial charge in [0.25, 0.3) is 0 Å². The highest BCUT2D eigenvalue weighted by Gasteiger charge is 2.29. The van der Waals surface area contributed by atoms with Crippen molar-refractivity contribution in [3.63, 3.8) is 0 Å². The fraction of sp³-hybridized carbons (Fsp3) is 0.350. The van der Waals surface area contributed by atoms with Gasteiger partial charge >= 0.3 is 0 Å². The molecule has 2 aromatic rings. The fourth-order valence-electron chi connectivity index (χ4n) is 2.88. The monoisotopic (exact) mass is 406 g/mol. The maximum Gasteiger partial charge on any atom is 0.241 e. The highest BCUT2D eigenvalue weighted by Crippen LogP contribution is 2.42. The first-order valence-corrected chi connectivity index (χ1v) is 10.5. The van der Waals surface area contributed by atoms with Crippen LogP contribution in [-0.2, 0) is 14.6 Å². The van der Waals surface area contributed by atoms with Crippen LogP contribution >= 0.6 is 0 Å². The highest BCUT2D eigenvalue weighted by atomic mass is 32.2. The van der Waals surface area contributed by atoms with Crippen molar-refractivity contribution < 1.29 is 22.7 Å². The van der Waals surface area contributed by atoms with E-state index in [4.69, 9.17) is 9.47 Å². The van der Waals surface area contributed by atoms with E-state index >= 15 is 0 Å². The van der Waals surface area contributed by atoms with Crippen molar-refractivity contribution in [2.75, 3.05) is 39.2 Å². The Morgan fingerprint density at radius 1 is 1.00 bits per heavy atom. The lowest BCUT2D eigenvalue weighted by Crippen LogP contribution is -2.35. The van der Waals surface area contributed by atoms with Gasteiger partial charge in [0.15, 0.2) is 11.5 Å². The smallest absolute Gasteiger partial charge is 0.241 e. The standard InChI is InChI=1S/C20H26N2O5S/c1-5-22(6-2)18(23)14-21-16-12-13-17(26-3)19(27-4)20(16)28(24,25)15-10-8-7-9-11-15/h7-13,21H,5-6,14H2,1-4H3. The normalized spacial score (nSPS) is 11.0. The minimum absolute atomic E-state index is 0.0333. The van der Waals surface area contributed by atoms with Gasteiger partial charge in [-0.05, 0) is 38.1 Å². The van der Waals surface area contributed by atoms with Crippen molar-refractivity contribution in [1.29, 1.82) is 0 Å². The molecule has 152 valence electrons. The summed E-state index contributed by atoms with van der Waals surface area (Å²) < 4.78 is 37.3. The summed E-state index contributed by atoms with van der Waals surface area (Å²) in [7, 11) is -1.10. The Morgan fingerprint density at radius 2 is 1.64 bits per heavy atom. The van der Waals surface area contributed by atoms with E-state index in [1.807, 2.05) is 13.8 Å². The second-order valence-corrected chi connectivity index (χ2v) is 7.80. The lowest BCUT2D eigenvalue weighted by atomic mass is 10.2. The van der Waals surface area contributed by atoms with Crippen LogP contribution in [-0.4, -0.2) is 53.1 Å². The number of carbonyl (C=O) groups is 1. The highest BCUT2D eigenvalue weighted by molar-refractivity contribution is 7.91. The molecule has 1 N–H and O–H groups in total. The molecule has 0 unspecified atom stereocenters. The summed E-state index contributed by atoms with van der Waals surface area (Å²) in [6.45, 7) is 4.91. The number of amides is 1. The lowest BCUT2D eigenvalue weighted by Gasteiger charge is -2.21. The molecule has 0 radical (unpaired) electrons. The SMILES string of the molecule is CCN(CC)C(=O)CNc1ccc(OC)c(OC)c1S(=O)(=O)c1ccccc1. The van der Waals surface area contributed by atoms with E-state index in [0.29, 0.717) is 13.1 Å². The second kappa shape index (κ2) is 9.45. The third-order valence-corrected chi connectivity index (χ3v) is 6.20. The van der Waals surface area contributed by atoms with Crippen LogP contribution in [0.25, 0.3) is 0 Å². The van der Waals surface area contributed by atoms with Gasteiger partial charge in [-0.15, -0.1) is 0 Å². The molecule has 0 aliphatic carbocycles. The molecule has 0 aliphatic rings. The van der Waals surface area contributed by atoms with E-state index < -0.39 is 9.84 Å². The predicted molar refractivity (Wildman–Crippen MR) is 108 cm³/mol. The van der Waals surface area contributed by atoms with Crippen LogP contribution in [0.3, 0.4) is 0 Å². The number of nitrogens with one attached hydrogen (secondary N) is 1. The van der Waals surface area contributed by atoms with Crippen LogP contribution in [0.4, 0.5) is 5.69 Å². The number of ether oxygens (including phenoxy) is 2. The van der Waals surface area contributed by atoms with Crippen LogP contribution in [0.1, 0.15) is 13.8 Å². The van der Waals surface area contributed by atoms with E-state index in [1.165, 1.54) is 26.4 Å². The first-order valence-electron chi connectivity index (χ1n) is 8.97. The van der Waals surface area contributed by atoms with Crippen molar-refractivity contribution >= 4 is 21.4 Å². The molecule has 2 aromatic carbocycles. The molecule has 1 amide bonds. The van der Waals surface area contributed by atoms with E-state index in [9.17, 15) is 13.2 Å². The molecule has 7 nitrogen and oxygen atoms in total. The fourth-order valence-corrected chi connectivity index (χ4v) is 4.49. The van der Waals surface area contributed by atoms with Gasteiger partial charge in [-0.25, -0.2) is 8.42 Å². The van der Waals surface area contributed by atoms with Gasteiger partial charge in [0.05, 0.1) is 31.3 Å². The second-order valence-electron chi connectivity index (χ2n) is 5.91. The van der Waals surface area contributed by atoms with E-state index in [-0.39, 0.29) is 39.4 Å². The number of carbonyl (C=O) groups excluding carboxylic acids is 1. The number of sulfone groups is 1. The quantitative estimate of drug-likeness (QED) is 0.689. The summed E-state index contributed by atoms with van der Waals surface area (Å²) in [5.74, 6) is 0.257.